The van der Waals surface area contributed by atoms with Crippen LogP contribution in [0.4, 0.5) is 14.6 Å². The van der Waals surface area contributed by atoms with Crippen molar-refractivity contribution < 1.29 is 27.8 Å². The van der Waals surface area contributed by atoms with Crippen molar-refractivity contribution in [2.24, 2.45) is 0 Å². The Balaban J connectivity index is 1.95. The predicted molar refractivity (Wildman–Crippen MR) is 114 cm³/mol. The predicted octanol–water partition coefficient (Wildman–Crippen LogP) is 2.36. The number of anilines is 1. The summed E-state index contributed by atoms with van der Waals surface area (Å²) in [6.07, 6.45) is 1.51. The average molecular weight is 463 g/mol. The summed E-state index contributed by atoms with van der Waals surface area (Å²) in [7, 11) is 2.80. The van der Waals surface area contributed by atoms with E-state index < -0.39 is 23.8 Å². The summed E-state index contributed by atoms with van der Waals surface area (Å²) in [6, 6.07) is 4.29. The van der Waals surface area contributed by atoms with Gasteiger partial charge in [0.05, 0.1) is 25.8 Å². The third-order valence-corrected chi connectivity index (χ3v) is 5.79. The molecule has 9 nitrogen and oxygen atoms in total. The number of allylic oxidation sites excluding steroid dienone is 2. The smallest absolute Gasteiger partial charge is 0.387 e. The Morgan fingerprint density at radius 3 is 2.64 bits per heavy atom. The van der Waals surface area contributed by atoms with Crippen LogP contribution >= 0.6 is 0 Å². The monoisotopic (exact) mass is 463 g/mol. The first kappa shape index (κ1) is 22.7. The number of fused-ring (bicyclic) bond motifs is 1. The normalized spacial score (nSPS) is 17.5. The number of ketones is 1. The van der Waals surface area contributed by atoms with E-state index in [2.05, 4.69) is 15.0 Å². The standard InChI is InChI=1S/C22H23F2N3O6/c1-31-9-8-27-19-18(20(29)26-22(27)30)16(17-12(25-19)4-3-5-13(17)28)11-6-7-14(33-21(23)24)15(10-11)32-2/h6-7,10,16,21,25H,3-5,8-9H2,1-2H3,(H,26,29,30)/t16-/m1/s1. The molecule has 0 radical (unpaired) electrons. The van der Waals surface area contributed by atoms with Crippen molar-refractivity contribution in [1.29, 1.82) is 0 Å². The van der Waals surface area contributed by atoms with E-state index in [9.17, 15) is 23.2 Å². The van der Waals surface area contributed by atoms with Crippen LogP contribution in [-0.4, -0.2) is 42.8 Å². The van der Waals surface area contributed by atoms with E-state index in [1.165, 1.54) is 37.0 Å². The van der Waals surface area contributed by atoms with Crippen LogP contribution in [-0.2, 0) is 16.1 Å². The molecule has 2 aliphatic rings. The zero-order valence-corrected chi connectivity index (χ0v) is 18.1. The molecule has 1 aliphatic heterocycles. The van der Waals surface area contributed by atoms with Gasteiger partial charge in [0.25, 0.3) is 5.56 Å². The maximum absolute atomic E-state index is 13.0. The third-order valence-electron chi connectivity index (χ3n) is 5.79. The largest absolute Gasteiger partial charge is 0.493 e. The number of hydrogen-bond donors (Lipinski definition) is 2. The zero-order valence-electron chi connectivity index (χ0n) is 18.1. The maximum atomic E-state index is 13.0. The number of rotatable bonds is 7. The van der Waals surface area contributed by atoms with E-state index in [1.54, 1.807) is 0 Å². The molecule has 0 unspecified atom stereocenters. The van der Waals surface area contributed by atoms with Crippen LogP contribution in [0.25, 0.3) is 0 Å². The highest BCUT2D eigenvalue weighted by Gasteiger charge is 2.38. The van der Waals surface area contributed by atoms with Crippen molar-refractivity contribution in [3.63, 3.8) is 0 Å². The number of nitrogens with zero attached hydrogens (tertiary/aromatic N) is 1. The number of Topliss-reactive ketones (excluding diaryl/α,β-unsaturated/α-hetero) is 1. The molecular weight excluding hydrogens is 440 g/mol. The van der Waals surface area contributed by atoms with Crippen molar-refractivity contribution in [3.8, 4) is 11.5 Å². The van der Waals surface area contributed by atoms with Gasteiger partial charge in [-0.1, -0.05) is 6.07 Å². The number of nitrogens with one attached hydrogen (secondary N) is 2. The second-order valence-corrected chi connectivity index (χ2v) is 7.68. The first-order valence-electron chi connectivity index (χ1n) is 10.4. The Hall–Kier alpha value is -3.47. The van der Waals surface area contributed by atoms with Crippen LogP contribution in [0, 0.1) is 0 Å². The molecule has 2 aromatic rings. The molecule has 11 heteroatoms. The topological polar surface area (TPSA) is 112 Å². The number of hydrogen-bond acceptors (Lipinski definition) is 7. The van der Waals surface area contributed by atoms with E-state index >= 15 is 0 Å². The van der Waals surface area contributed by atoms with Crippen molar-refractivity contribution >= 4 is 11.6 Å². The summed E-state index contributed by atoms with van der Waals surface area (Å²) >= 11 is 0. The fourth-order valence-corrected chi connectivity index (χ4v) is 4.39. The molecule has 1 aliphatic carbocycles. The summed E-state index contributed by atoms with van der Waals surface area (Å²) < 4.78 is 41.7. The lowest BCUT2D eigenvalue weighted by Crippen LogP contribution is -2.40. The molecule has 2 N–H and O–H groups in total. The lowest BCUT2D eigenvalue weighted by Gasteiger charge is -2.34. The number of ether oxygens (including phenoxy) is 3. The third kappa shape index (κ3) is 4.15. The van der Waals surface area contributed by atoms with Gasteiger partial charge >= 0.3 is 12.3 Å². The van der Waals surface area contributed by atoms with Crippen molar-refractivity contribution in [1.82, 2.24) is 9.55 Å². The van der Waals surface area contributed by atoms with Gasteiger partial charge in [0, 0.05) is 30.7 Å². The summed E-state index contributed by atoms with van der Waals surface area (Å²) in [5.41, 5.74) is 0.461. The summed E-state index contributed by atoms with van der Waals surface area (Å²) in [6.45, 7) is -2.64. The average Bonchev–Trinajstić information content (AvgIpc) is 2.78. The van der Waals surface area contributed by atoms with Gasteiger partial charge in [0.2, 0.25) is 0 Å². The van der Waals surface area contributed by atoms with Crippen molar-refractivity contribution in [2.75, 3.05) is 26.1 Å². The second-order valence-electron chi connectivity index (χ2n) is 7.68. The van der Waals surface area contributed by atoms with Crippen LogP contribution in [0.3, 0.4) is 0 Å². The molecule has 0 fully saturated rings. The van der Waals surface area contributed by atoms with E-state index in [-0.39, 0.29) is 41.8 Å². The van der Waals surface area contributed by atoms with Crippen LogP contribution in [0.1, 0.15) is 36.3 Å². The SMILES string of the molecule is COCCn1c2c(c(=O)[nH]c1=O)[C@H](c1ccc(OC(F)F)c(OC)c1)C1=C(CCCC1=O)N2. The minimum absolute atomic E-state index is 0.0300. The molecule has 0 spiro atoms. The highest BCUT2D eigenvalue weighted by atomic mass is 19.3. The van der Waals surface area contributed by atoms with E-state index in [4.69, 9.17) is 9.47 Å². The molecule has 4 rings (SSSR count). The summed E-state index contributed by atoms with van der Waals surface area (Å²) in [4.78, 5) is 40.9. The number of carbonyl (C=O) groups is 1. The van der Waals surface area contributed by atoms with Gasteiger partial charge in [-0.25, -0.2) is 4.79 Å². The Morgan fingerprint density at radius 1 is 1.15 bits per heavy atom. The summed E-state index contributed by atoms with van der Waals surface area (Å²) in [5.74, 6) is -0.806. The van der Waals surface area contributed by atoms with Gasteiger partial charge < -0.3 is 19.5 Å². The van der Waals surface area contributed by atoms with Gasteiger partial charge in [-0.2, -0.15) is 8.78 Å². The molecule has 33 heavy (non-hydrogen) atoms. The zero-order chi connectivity index (χ0) is 23.7. The van der Waals surface area contributed by atoms with Crippen LogP contribution < -0.4 is 26.0 Å². The number of halogens is 2. The molecule has 176 valence electrons. The van der Waals surface area contributed by atoms with Crippen molar-refractivity contribution in [2.45, 2.75) is 38.3 Å². The van der Waals surface area contributed by atoms with E-state index in [1.807, 2.05) is 0 Å². The van der Waals surface area contributed by atoms with Crippen molar-refractivity contribution in [3.05, 3.63) is 61.4 Å². The lowest BCUT2D eigenvalue weighted by molar-refractivity contribution is -0.116. The maximum Gasteiger partial charge on any atom is 0.387 e. The first-order chi connectivity index (χ1) is 15.8. The van der Waals surface area contributed by atoms with Crippen LogP contribution in [0.5, 0.6) is 11.5 Å². The van der Waals surface area contributed by atoms with Crippen LogP contribution in [0.15, 0.2) is 39.1 Å². The van der Waals surface area contributed by atoms with E-state index in [0.717, 1.165) is 0 Å². The number of benzene rings is 1. The minimum atomic E-state index is -3.04. The number of alkyl halides is 2. The minimum Gasteiger partial charge on any atom is -0.493 e. The molecule has 1 aromatic heterocycles. The second kappa shape index (κ2) is 9.18. The van der Waals surface area contributed by atoms with Gasteiger partial charge in [-0.3, -0.25) is 19.1 Å². The molecular formula is C22H23F2N3O6. The fraction of sp³-hybridized carbons (Fsp3) is 0.409. The Morgan fingerprint density at radius 2 is 1.94 bits per heavy atom. The number of aromatic nitrogens is 2. The first-order valence-corrected chi connectivity index (χ1v) is 10.4. The summed E-state index contributed by atoms with van der Waals surface area (Å²) in [5, 5.41) is 3.15. The molecule has 0 saturated heterocycles. The highest BCUT2D eigenvalue weighted by Crippen LogP contribution is 2.45. The molecule has 0 saturated carbocycles. The van der Waals surface area contributed by atoms with E-state index in [0.29, 0.717) is 36.1 Å². The quantitative estimate of drug-likeness (QED) is 0.648. The van der Waals surface area contributed by atoms with Gasteiger partial charge in [0.1, 0.15) is 5.82 Å². The molecule has 2 heterocycles. The molecule has 1 atom stereocenters. The Bertz CT molecular complexity index is 1230. The molecule has 1 aromatic carbocycles. The molecule has 0 bridgehead atoms. The fourth-order valence-electron chi connectivity index (χ4n) is 4.39. The van der Waals surface area contributed by atoms with Gasteiger partial charge in [-0.05, 0) is 30.5 Å². The van der Waals surface area contributed by atoms with Gasteiger partial charge in [0.15, 0.2) is 17.3 Å². The Labute approximate surface area is 187 Å². The van der Waals surface area contributed by atoms with Crippen LogP contribution in [0.2, 0.25) is 0 Å². The number of methoxy groups -OCH3 is 2. The number of carbonyl (C=O) groups excluding carboxylic acids is 1. The highest BCUT2D eigenvalue weighted by molar-refractivity contribution is 6.00. The Kier molecular flexibility index (Phi) is 6.32. The number of H-pyrrole nitrogens is 1. The number of aromatic amines is 1. The lowest BCUT2D eigenvalue weighted by atomic mass is 9.76. The molecule has 0 amide bonds. The van der Waals surface area contributed by atoms with Gasteiger partial charge in [-0.15, -0.1) is 0 Å².